The quantitative estimate of drug-likeness (QED) is 0.422. The van der Waals surface area contributed by atoms with Crippen LogP contribution in [0.25, 0.3) is 0 Å². The number of hydrogen-bond donors (Lipinski definition) is 1. The first kappa shape index (κ1) is 19.8. The molecule has 136 valence electrons. The lowest BCUT2D eigenvalue weighted by atomic mass is 10.2. The molecule has 2 heterocycles. The second-order valence-electron chi connectivity index (χ2n) is 5.64. The summed E-state index contributed by atoms with van der Waals surface area (Å²) in [6.45, 7) is 4.71. The van der Waals surface area contributed by atoms with Gasteiger partial charge in [0.15, 0.2) is 5.96 Å². The van der Waals surface area contributed by atoms with Gasteiger partial charge in [0.1, 0.15) is 5.75 Å². The molecule has 0 spiro atoms. The first-order valence-electron chi connectivity index (χ1n) is 8.17. The molecule has 1 saturated heterocycles. The Bertz CT molecular complexity index is 669. The van der Waals surface area contributed by atoms with Crippen LogP contribution in [0, 0.1) is 0 Å². The van der Waals surface area contributed by atoms with Crippen molar-refractivity contribution in [2.75, 3.05) is 45.2 Å². The number of guanidine groups is 1. The summed E-state index contributed by atoms with van der Waals surface area (Å²) in [6, 6.07) is 12.4. The summed E-state index contributed by atoms with van der Waals surface area (Å²) in [4.78, 5) is 9.20. The Balaban J connectivity index is 0.00000225. The Hall–Kier alpha value is -1.48. The molecule has 0 radical (unpaired) electrons. The number of anilines is 1. The Morgan fingerprint density at radius 2 is 1.92 bits per heavy atom. The maximum Gasteiger partial charge on any atom is 0.194 e. The number of benzene rings is 1. The molecule has 0 saturated carbocycles. The summed E-state index contributed by atoms with van der Waals surface area (Å²) >= 11 is 1.80. The molecule has 0 atom stereocenters. The molecule has 5 nitrogen and oxygen atoms in total. The predicted molar refractivity (Wildman–Crippen MR) is 117 cm³/mol. The third-order valence-electron chi connectivity index (χ3n) is 4.24. The minimum absolute atomic E-state index is 0. The van der Waals surface area contributed by atoms with E-state index in [2.05, 4.69) is 43.7 Å². The monoisotopic (exact) mass is 472 g/mol. The zero-order valence-electron chi connectivity index (χ0n) is 14.6. The van der Waals surface area contributed by atoms with Crippen LogP contribution in [0.3, 0.4) is 0 Å². The molecule has 1 aliphatic heterocycles. The fourth-order valence-corrected chi connectivity index (χ4v) is 3.73. The molecule has 3 rings (SSSR count). The number of aliphatic imine (C=N–C) groups is 1. The van der Waals surface area contributed by atoms with Gasteiger partial charge in [-0.2, -0.15) is 0 Å². The first-order valence-corrected chi connectivity index (χ1v) is 9.05. The molecule has 0 bridgehead atoms. The molecule has 1 fully saturated rings. The molecule has 1 N–H and O–H groups in total. The number of para-hydroxylation sites is 1. The van der Waals surface area contributed by atoms with Gasteiger partial charge in [0, 0.05) is 45.3 Å². The summed E-state index contributed by atoms with van der Waals surface area (Å²) in [7, 11) is 3.55. The lowest BCUT2D eigenvalue weighted by Crippen LogP contribution is -2.52. The van der Waals surface area contributed by atoms with Crippen molar-refractivity contribution < 1.29 is 4.74 Å². The number of ether oxygens (including phenoxy) is 1. The van der Waals surface area contributed by atoms with Crippen molar-refractivity contribution in [2.24, 2.45) is 4.99 Å². The van der Waals surface area contributed by atoms with E-state index in [1.807, 2.05) is 25.2 Å². The smallest absolute Gasteiger partial charge is 0.194 e. The number of methoxy groups -OCH3 is 1. The molecular formula is C18H25IN4OS. The van der Waals surface area contributed by atoms with E-state index < -0.39 is 0 Å². The van der Waals surface area contributed by atoms with Crippen molar-refractivity contribution in [3.63, 3.8) is 0 Å². The van der Waals surface area contributed by atoms with Crippen molar-refractivity contribution in [2.45, 2.75) is 6.54 Å². The molecule has 2 aromatic rings. The largest absolute Gasteiger partial charge is 0.496 e. The molecule has 0 amide bonds. The van der Waals surface area contributed by atoms with Gasteiger partial charge in [0.25, 0.3) is 0 Å². The van der Waals surface area contributed by atoms with E-state index in [0.717, 1.165) is 43.5 Å². The molecule has 0 aliphatic carbocycles. The van der Waals surface area contributed by atoms with E-state index in [1.54, 1.807) is 18.4 Å². The highest BCUT2D eigenvalue weighted by atomic mass is 127. The van der Waals surface area contributed by atoms with Crippen molar-refractivity contribution in [3.8, 4) is 5.75 Å². The number of nitrogens with zero attached hydrogens (tertiary/aromatic N) is 3. The highest BCUT2D eigenvalue weighted by molar-refractivity contribution is 14.0. The average molecular weight is 472 g/mol. The summed E-state index contributed by atoms with van der Waals surface area (Å²) in [5.41, 5.74) is 1.14. The minimum Gasteiger partial charge on any atom is -0.496 e. The summed E-state index contributed by atoms with van der Waals surface area (Å²) < 4.78 is 5.41. The van der Waals surface area contributed by atoms with E-state index in [9.17, 15) is 0 Å². The van der Waals surface area contributed by atoms with Crippen LogP contribution in [0.15, 0.2) is 46.8 Å². The SMILES string of the molecule is CN=C(NCc1ccccc1OC)N1CCN(c2cccs2)CC1.I. The second-order valence-corrected chi connectivity index (χ2v) is 6.56. The summed E-state index contributed by atoms with van der Waals surface area (Å²) in [5.74, 6) is 1.86. The molecule has 1 aliphatic rings. The van der Waals surface area contributed by atoms with E-state index in [4.69, 9.17) is 4.74 Å². The molecule has 1 aromatic carbocycles. The van der Waals surface area contributed by atoms with Crippen LogP contribution in [0.5, 0.6) is 5.75 Å². The maximum absolute atomic E-state index is 5.41. The van der Waals surface area contributed by atoms with Crippen LogP contribution in [-0.2, 0) is 6.54 Å². The standard InChI is InChI=1S/C18H24N4OS.HI/c1-19-18(20-14-15-6-3-4-7-16(15)23-2)22-11-9-21(10-12-22)17-8-5-13-24-17;/h3-8,13H,9-12,14H2,1-2H3,(H,19,20);1H. The van der Waals surface area contributed by atoms with Crippen LogP contribution in [0.4, 0.5) is 5.00 Å². The summed E-state index contributed by atoms with van der Waals surface area (Å²) in [5, 5.41) is 6.95. The van der Waals surface area contributed by atoms with Crippen LogP contribution >= 0.6 is 35.3 Å². The van der Waals surface area contributed by atoms with Crippen LogP contribution in [0.2, 0.25) is 0 Å². The molecule has 0 unspecified atom stereocenters. The van der Waals surface area contributed by atoms with Crippen molar-refractivity contribution in [1.29, 1.82) is 0 Å². The van der Waals surface area contributed by atoms with Gasteiger partial charge in [-0.1, -0.05) is 18.2 Å². The predicted octanol–water partition coefficient (Wildman–Crippen LogP) is 3.27. The highest BCUT2D eigenvalue weighted by Gasteiger charge is 2.20. The lowest BCUT2D eigenvalue weighted by Gasteiger charge is -2.37. The number of piperazine rings is 1. The fraction of sp³-hybridized carbons (Fsp3) is 0.389. The van der Waals surface area contributed by atoms with Gasteiger partial charge in [-0.25, -0.2) is 0 Å². The molecule has 7 heteroatoms. The Kier molecular flexibility index (Phi) is 7.83. The number of halogens is 1. The van der Waals surface area contributed by atoms with E-state index in [1.165, 1.54) is 5.00 Å². The van der Waals surface area contributed by atoms with Crippen molar-refractivity contribution in [1.82, 2.24) is 10.2 Å². The number of rotatable bonds is 4. The topological polar surface area (TPSA) is 40.1 Å². The highest BCUT2D eigenvalue weighted by Crippen LogP contribution is 2.22. The number of hydrogen-bond acceptors (Lipinski definition) is 4. The average Bonchev–Trinajstić information content (AvgIpc) is 3.18. The molecular weight excluding hydrogens is 447 g/mol. The van der Waals surface area contributed by atoms with Crippen LogP contribution < -0.4 is 15.0 Å². The third kappa shape index (κ3) is 5.01. The maximum atomic E-state index is 5.41. The van der Waals surface area contributed by atoms with Crippen molar-refractivity contribution >= 4 is 46.3 Å². The first-order chi connectivity index (χ1) is 11.8. The third-order valence-corrected chi connectivity index (χ3v) is 5.17. The van der Waals surface area contributed by atoms with E-state index >= 15 is 0 Å². The van der Waals surface area contributed by atoms with Gasteiger partial charge in [-0.15, -0.1) is 35.3 Å². The van der Waals surface area contributed by atoms with Crippen LogP contribution in [-0.4, -0.2) is 51.2 Å². The van der Waals surface area contributed by atoms with Gasteiger partial charge in [-0.3, -0.25) is 4.99 Å². The lowest BCUT2D eigenvalue weighted by molar-refractivity contribution is 0.372. The van der Waals surface area contributed by atoms with Crippen molar-refractivity contribution in [3.05, 3.63) is 47.3 Å². The van der Waals surface area contributed by atoms with E-state index in [0.29, 0.717) is 6.54 Å². The van der Waals surface area contributed by atoms with Crippen LogP contribution in [0.1, 0.15) is 5.56 Å². The summed E-state index contributed by atoms with van der Waals surface area (Å²) in [6.07, 6.45) is 0. The molecule has 25 heavy (non-hydrogen) atoms. The zero-order valence-corrected chi connectivity index (χ0v) is 17.8. The Morgan fingerprint density at radius 3 is 2.56 bits per heavy atom. The zero-order chi connectivity index (χ0) is 16.8. The van der Waals surface area contributed by atoms with E-state index in [-0.39, 0.29) is 24.0 Å². The van der Waals surface area contributed by atoms with Gasteiger partial charge in [0.05, 0.1) is 12.1 Å². The van der Waals surface area contributed by atoms with Gasteiger partial charge < -0.3 is 19.9 Å². The number of nitrogens with one attached hydrogen (secondary N) is 1. The Morgan fingerprint density at radius 1 is 1.16 bits per heavy atom. The van der Waals surface area contributed by atoms with Gasteiger partial charge >= 0.3 is 0 Å². The minimum atomic E-state index is 0. The molecule has 1 aromatic heterocycles. The fourth-order valence-electron chi connectivity index (χ4n) is 2.94. The van der Waals surface area contributed by atoms with Gasteiger partial charge in [-0.05, 0) is 23.6 Å². The van der Waals surface area contributed by atoms with Gasteiger partial charge in [0.2, 0.25) is 0 Å². The normalized spacial score (nSPS) is 14.9. The Labute approximate surface area is 170 Å². The second kappa shape index (κ2) is 9.86. The number of thiophene rings is 1.